The van der Waals surface area contributed by atoms with E-state index in [4.69, 9.17) is 5.26 Å². The highest BCUT2D eigenvalue weighted by Gasteiger charge is 2.14. The summed E-state index contributed by atoms with van der Waals surface area (Å²) in [5, 5.41) is 18.6. The van der Waals surface area contributed by atoms with Crippen molar-refractivity contribution in [2.75, 3.05) is 11.1 Å². The second-order valence-corrected chi connectivity index (χ2v) is 6.17. The zero-order valence-electron chi connectivity index (χ0n) is 11.1. The van der Waals surface area contributed by atoms with Crippen LogP contribution in [0, 0.1) is 18.3 Å². The first kappa shape index (κ1) is 14.6. The molecule has 0 radical (unpaired) electrons. The topological polar surface area (TPSA) is 94.5 Å². The molecule has 2 aromatic heterocycles. The molecule has 1 amide bonds. The van der Waals surface area contributed by atoms with E-state index in [0.29, 0.717) is 16.6 Å². The molecule has 0 unspecified atom stereocenters. The summed E-state index contributed by atoms with van der Waals surface area (Å²) < 4.78 is 0.943. The van der Waals surface area contributed by atoms with Crippen LogP contribution in [0.2, 0.25) is 0 Å². The molecule has 0 spiro atoms. The molecule has 0 saturated carbocycles. The highest BCUT2D eigenvalue weighted by Crippen LogP contribution is 2.31. The van der Waals surface area contributed by atoms with E-state index in [1.165, 1.54) is 23.1 Å². The van der Waals surface area contributed by atoms with Crippen LogP contribution in [-0.2, 0) is 6.42 Å². The Morgan fingerprint density at radius 3 is 3.10 bits per heavy atom. The minimum atomic E-state index is -0.286. The van der Waals surface area contributed by atoms with E-state index in [1.54, 1.807) is 6.07 Å². The van der Waals surface area contributed by atoms with E-state index in [-0.39, 0.29) is 5.91 Å². The highest BCUT2D eigenvalue weighted by atomic mass is 32.2. The van der Waals surface area contributed by atoms with E-state index in [1.807, 2.05) is 13.8 Å². The van der Waals surface area contributed by atoms with Gasteiger partial charge < -0.3 is 0 Å². The standard InChI is InChI=1S/C12H13N5OS2/c1-3-8-6-9(17-16-8)10(18)15-12-14-7(2)11(20-12)19-5-4-13/h6H,3,5H2,1-2H3,(H,16,17)(H,14,15,18). The summed E-state index contributed by atoms with van der Waals surface area (Å²) in [6.07, 6.45) is 0.797. The number of hydrogen-bond acceptors (Lipinski definition) is 6. The van der Waals surface area contributed by atoms with Crippen LogP contribution in [0.25, 0.3) is 0 Å². The van der Waals surface area contributed by atoms with Crippen LogP contribution >= 0.6 is 23.1 Å². The van der Waals surface area contributed by atoms with Crippen LogP contribution in [0.4, 0.5) is 5.13 Å². The fraction of sp³-hybridized carbons (Fsp3) is 0.333. The van der Waals surface area contributed by atoms with Gasteiger partial charge in [0.15, 0.2) is 10.8 Å². The van der Waals surface area contributed by atoms with Gasteiger partial charge in [-0.1, -0.05) is 30.0 Å². The summed E-state index contributed by atoms with van der Waals surface area (Å²) in [6.45, 7) is 3.84. The highest BCUT2D eigenvalue weighted by molar-refractivity contribution is 8.01. The Bertz CT molecular complexity index is 655. The normalized spacial score (nSPS) is 10.2. The number of aromatic amines is 1. The van der Waals surface area contributed by atoms with Gasteiger partial charge in [0.25, 0.3) is 5.91 Å². The number of carbonyl (C=O) groups excluding carboxylic acids is 1. The van der Waals surface area contributed by atoms with Crippen LogP contribution < -0.4 is 5.32 Å². The van der Waals surface area contributed by atoms with E-state index < -0.39 is 0 Å². The van der Waals surface area contributed by atoms with Crippen molar-refractivity contribution in [3.8, 4) is 6.07 Å². The predicted octanol–water partition coefficient (Wildman–Crippen LogP) is 2.61. The van der Waals surface area contributed by atoms with Crippen molar-refractivity contribution in [3.05, 3.63) is 23.1 Å². The fourth-order valence-electron chi connectivity index (χ4n) is 1.49. The Balaban J connectivity index is 2.06. The van der Waals surface area contributed by atoms with Crippen molar-refractivity contribution in [1.29, 1.82) is 5.26 Å². The fourth-order valence-corrected chi connectivity index (χ4v) is 3.28. The number of nitrogens with one attached hydrogen (secondary N) is 2. The lowest BCUT2D eigenvalue weighted by Gasteiger charge is -1.96. The Labute approximate surface area is 124 Å². The number of thioether (sulfide) groups is 1. The minimum Gasteiger partial charge on any atom is -0.296 e. The summed E-state index contributed by atoms with van der Waals surface area (Å²) >= 11 is 2.79. The van der Waals surface area contributed by atoms with Crippen molar-refractivity contribution < 1.29 is 4.79 Å². The van der Waals surface area contributed by atoms with Gasteiger partial charge in [0.1, 0.15) is 0 Å². The van der Waals surface area contributed by atoms with Crippen molar-refractivity contribution in [3.63, 3.8) is 0 Å². The summed E-state index contributed by atoms with van der Waals surface area (Å²) in [5.41, 5.74) is 2.08. The lowest BCUT2D eigenvalue weighted by molar-refractivity contribution is 0.102. The predicted molar refractivity (Wildman–Crippen MR) is 79.1 cm³/mol. The zero-order chi connectivity index (χ0) is 14.5. The number of amides is 1. The lowest BCUT2D eigenvalue weighted by atomic mass is 10.3. The SMILES string of the molecule is CCc1cc(C(=O)Nc2nc(C)c(SCC#N)s2)n[nH]1. The Hall–Kier alpha value is -1.85. The maximum Gasteiger partial charge on any atom is 0.277 e. The van der Waals surface area contributed by atoms with Gasteiger partial charge in [-0.05, 0) is 19.4 Å². The molecule has 0 aliphatic heterocycles. The van der Waals surface area contributed by atoms with Crippen LogP contribution in [0.15, 0.2) is 10.3 Å². The van der Waals surface area contributed by atoms with E-state index in [2.05, 4.69) is 26.6 Å². The lowest BCUT2D eigenvalue weighted by Crippen LogP contribution is -2.12. The third-order valence-corrected chi connectivity index (χ3v) is 4.79. The van der Waals surface area contributed by atoms with Gasteiger partial charge >= 0.3 is 0 Å². The van der Waals surface area contributed by atoms with Crippen molar-refractivity contribution >= 4 is 34.1 Å². The number of aromatic nitrogens is 3. The van der Waals surface area contributed by atoms with Crippen molar-refractivity contribution in [2.45, 2.75) is 24.5 Å². The summed E-state index contributed by atoms with van der Waals surface area (Å²) in [4.78, 5) is 16.3. The second kappa shape index (κ2) is 6.54. The largest absolute Gasteiger partial charge is 0.296 e. The molecule has 6 nitrogen and oxygen atoms in total. The van der Waals surface area contributed by atoms with Gasteiger partial charge in [0, 0.05) is 5.69 Å². The van der Waals surface area contributed by atoms with Crippen molar-refractivity contribution in [2.24, 2.45) is 0 Å². The van der Waals surface area contributed by atoms with Crippen LogP contribution in [0.1, 0.15) is 28.8 Å². The number of hydrogen-bond donors (Lipinski definition) is 2. The van der Waals surface area contributed by atoms with E-state index in [0.717, 1.165) is 22.0 Å². The van der Waals surface area contributed by atoms with Gasteiger partial charge in [0.05, 0.1) is 21.7 Å². The van der Waals surface area contributed by atoms with Gasteiger partial charge in [-0.15, -0.1) is 0 Å². The quantitative estimate of drug-likeness (QED) is 0.828. The first-order chi connectivity index (χ1) is 9.63. The van der Waals surface area contributed by atoms with Gasteiger partial charge in [-0.25, -0.2) is 4.98 Å². The molecule has 2 heterocycles. The molecule has 2 N–H and O–H groups in total. The average Bonchev–Trinajstić information content (AvgIpc) is 3.03. The van der Waals surface area contributed by atoms with Crippen LogP contribution in [0.3, 0.4) is 0 Å². The number of nitrogens with zero attached hydrogens (tertiary/aromatic N) is 3. The number of H-pyrrole nitrogens is 1. The molecular weight excluding hydrogens is 294 g/mol. The molecule has 8 heteroatoms. The molecule has 0 aliphatic carbocycles. The van der Waals surface area contributed by atoms with Gasteiger partial charge in [-0.3, -0.25) is 15.2 Å². The molecule has 0 atom stereocenters. The molecule has 0 bridgehead atoms. The second-order valence-electron chi connectivity index (χ2n) is 3.92. The maximum absolute atomic E-state index is 12.0. The number of thiazole rings is 1. The molecule has 104 valence electrons. The van der Waals surface area contributed by atoms with Gasteiger partial charge in [-0.2, -0.15) is 10.4 Å². The zero-order valence-corrected chi connectivity index (χ0v) is 12.7. The third kappa shape index (κ3) is 3.37. The Morgan fingerprint density at radius 2 is 2.45 bits per heavy atom. The number of anilines is 1. The number of carbonyl (C=O) groups is 1. The molecule has 2 aromatic rings. The molecule has 0 fully saturated rings. The smallest absolute Gasteiger partial charge is 0.277 e. The first-order valence-corrected chi connectivity index (χ1v) is 7.77. The summed E-state index contributed by atoms with van der Waals surface area (Å²) in [6, 6.07) is 3.79. The van der Waals surface area contributed by atoms with E-state index in [9.17, 15) is 4.79 Å². The Morgan fingerprint density at radius 1 is 1.65 bits per heavy atom. The number of nitriles is 1. The Kier molecular flexibility index (Phi) is 4.76. The molecule has 2 rings (SSSR count). The monoisotopic (exact) mass is 307 g/mol. The number of rotatable bonds is 5. The van der Waals surface area contributed by atoms with Crippen LogP contribution in [-0.4, -0.2) is 26.8 Å². The van der Waals surface area contributed by atoms with E-state index >= 15 is 0 Å². The maximum atomic E-state index is 12.0. The average molecular weight is 307 g/mol. The molecule has 0 aromatic carbocycles. The number of aryl methyl sites for hydroxylation is 2. The van der Waals surface area contributed by atoms with Crippen LogP contribution in [0.5, 0.6) is 0 Å². The molecule has 0 aliphatic rings. The molecular formula is C12H13N5OS2. The first-order valence-electron chi connectivity index (χ1n) is 5.96. The van der Waals surface area contributed by atoms with Crippen molar-refractivity contribution in [1.82, 2.24) is 15.2 Å². The molecule has 20 heavy (non-hydrogen) atoms. The molecule has 0 saturated heterocycles. The summed E-state index contributed by atoms with van der Waals surface area (Å²) in [7, 11) is 0. The summed E-state index contributed by atoms with van der Waals surface area (Å²) in [5.74, 6) is 0.0851. The third-order valence-electron chi connectivity index (χ3n) is 2.49. The minimum absolute atomic E-state index is 0.286. The van der Waals surface area contributed by atoms with Gasteiger partial charge in [0.2, 0.25) is 0 Å².